The summed E-state index contributed by atoms with van der Waals surface area (Å²) >= 11 is 1.49. The Hall–Kier alpha value is -2.10. The molecule has 9 heteroatoms. The number of aliphatic carboxylic acids is 1. The molecule has 0 aromatic heterocycles. The number of nitrogens with zero attached hydrogens (tertiary/aromatic N) is 1. The zero-order chi connectivity index (χ0) is 22.9. The molecule has 1 saturated heterocycles. The first-order valence-electron chi connectivity index (χ1n) is 11.4. The first kappa shape index (κ1) is 24.5. The van der Waals surface area contributed by atoms with Crippen LogP contribution in [-0.4, -0.2) is 67.0 Å². The molecule has 1 aromatic carbocycles. The van der Waals surface area contributed by atoms with E-state index in [1.54, 1.807) is 19.1 Å². The van der Waals surface area contributed by atoms with Crippen LogP contribution >= 0.6 is 11.8 Å². The maximum absolute atomic E-state index is 13.3. The molecule has 1 unspecified atom stereocenters. The van der Waals surface area contributed by atoms with E-state index in [0.29, 0.717) is 23.8 Å². The van der Waals surface area contributed by atoms with Gasteiger partial charge in [-0.3, -0.25) is 24.6 Å². The Labute approximate surface area is 193 Å². The quantitative estimate of drug-likeness (QED) is 0.454. The number of carboxylic acid groups (broad SMARTS) is 1. The van der Waals surface area contributed by atoms with Crippen molar-refractivity contribution in [3.8, 4) is 0 Å². The molecule has 2 atom stereocenters. The fraction of sp³-hybridized carbons (Fsp3) is 0.609. The van der Waals surface area contributed by atoms with Gasteiger partial charge in [0, 0.05) is 10.6 Å². The van der Waals surface area contributed by atoms with Crippen molar-refractivity contribution in [1.29, 1.82) is 0 Å². The van der Waals surface area contributed by atoms with E-state index >= 15 is 0 Å². The van der Waals surface area contributed by atoms with E-state index in [9.17, 15) is 19.5 Å². The number of carbonyl (C=O) groups excluding carboxylic acids is 2. The standard InChI is InChI=1S/C23H33N3O5S/c1-2-31-23(30)17(7-5-6-16-10-12-24-13-11-16)25-18-15-32-20-9-4-3-8-19(20)26(22(18)29)14-21(27)28/h3-4,8-9,16-18,24-25H,2,5-7,10-15H2,1H3,(H,27,28)/t17-,18?/m0/s1. The lowest BCUT2D eigenvalue weighted by Crippen LogP contribution is -2.54. The summed E-state index contributed by atoms with van der Waals surface area (Å²) in [4.78, 5) is 39.6. The molecule has 2 heterocycles. The Bertz CT molecular complexity index is 800. The molecule has 0 radical (unpaired) electrons. The van der Waals surface area contributed by atoms with Crippen molar-refractivity contribution in [1.82, 2.24) is 10.6 Å². The number of carbonyl (C=O) groups is 3. The Balaban J connectivity index is 1.70. The summed E-state index contributed by atoms with van der Waals surface area (Å²) in [6.07, 6.45) is 4.80. The molecule has 3 rings (SSSR count). The summed E-state index contributed by atoms with van der Waals surface area (Å²) in [6.45, 7) is 3.70. The van der Waals surface area contributed by atoms with Crippen LogP contribution in [0.25, 0.3) is 0 Å². The summed E-state index contributed by atoms with van der Waals surface area (Å²) in [6, 6.07) is 6.02. The molecule has 3 N–H and O–H groups in total. The SMILES string of the molecule is CCOC(=O)[C@H](CCCC1CCNCC1)NC1CSc2ccccc2N(CC(=O)O)C1=O. The molecule has 0 saturated carbocycles. The third kappa shape index (κ3) is 6.70. The number of hydrogen-bond acceptors (Lipinski definition) is 7. The Kier molecular flexibility index (Phi) is 9.37. The molecule has 176 valence electrons. The predicted molar refractivity (Wildman–Crippen MR) is 124 cm³/mol. The number of para-hydroxylation sites is 1. The lowest BCUT2D eigenvalue weighted by atomic mass is 9.91. The fourth-order valence-electron chi connectivity index (χ4n) is 4.31. The lowest BCUT2D eigenvalue weighted by Gasteiger charge is -2.27. The fourth-order valence-corrected chi connectivity index (χ4v) is 5.39. The van der Waals surface area contributed by atoms with Crippen LogP contribution in [0.15, 0.2) is 29.2 Å². The average molecular weight is 464 g/mol. The number of piperidine rings is 1. The summed E-state index contributed by atoms with van der Waals surface area (Å²) in [5.41, 5.74) is 0.591. The number of ether oxygens (including phenoxy) is 1. The summed E-state index contributed by atoms with van der Waals surface area (Å²) < 4.78 is 5.27. The number of anilines is 1. The van der Waals surface area contributed by atoms with Crippen molar-refractivity contribution < 1.29 is 24.2 Å². The Morgan fingerprint density at radius 3 is 2.78 bits per heavy atom. The van der Waals surface area contributed by atoms with E-state index in [-0.39, 0.29) is 18.5 Å². The van der Waals surface area contributed by atoms with E-state index in [4.69, 9.17) is 4.74 Å². The highest BCUT2D eigenvalue weighted by atomic mass is 32.2. The Morgan fingerprint density at radius 1 is 1.31 bits per heavy atom. The third-order valence-electron chi connectivity index (χ3n) is 5.96. The summed E-state index contributed by atoms with van der Waals surface area (Å²) in [7, 11) is 0. The van der Waals surface area contributed by atoms with Crippen LogP contribution < -0.4 is 15.5 Å². The van der Waals surface area contributed by atoms with E-state index in [1.165, 1.54) is 16.7 Å². The molecular weight excluding hydrogens is 430 g/mol. The number of thioether (sulfide) groups is 1. The van der Waals surface area contributed by atoms with Gasteiger partial charge in [0.25, 0.3) is 0 Å². The number of carboxylic acids is 1. The molecule has 8 nitrogen and oxygen atoms in total. The number of hydrogen-bond donors (Lipinski definition) is 3. The first-order chi connectivity index (χ1) is 15.5. The van der Waals surface area contributed by atoms with Gasteiger partial charge in [0.15, 0.2) is 0 Å². The zero-order valence-electron chi connectivity index (χ0n) is 18.5. The number of amides is 1. The smallest absolute Gasteiger partial charge is 0.323 e. The van der Waals surface area contributed by atoms with Crippen molar-refractivity contribution in [2.45, 2.75) is 56.0 Å². The molecule has 0 aliphatic carbocycles. The van der Waals surface area contributed by atoms with Crippen molar-refractivity contribution in [2.75, 3.05) is 36.9 Å². The van der Waals surface area contributed by atoms with Gasteiger partial charge in [-0.1, -0.05) is 25.0 Å². The van der Waals surface area contributed by atoms with Crippen molar-refractivity contribution in [2.24, 2.45) is 5.92 Å². The highest BCUT2D eigenvalue weighted by molar-refractivity contribution is 7.99. The highest BCUT2D eigenvalue weighted by Crippen LogP contribution is 2.34. The molecule has 1 fully saturated rings. The number of rotatable bonds is 10. The summed E-state index contributed by atoms with van der Waals surface area (Å²) in [5.74, 6) is -0.701. The van der Waals surface area contributed by atoms with E-state index in [2.05, 4.69) is 10.6 Å². The van der Waals surface area contributed by atoms with Gasteiger partial charge in [0.1, 0.15) is 12.6 Å². The van der Waals surface area contributed by atoms with E-state index in [1.807, 2.05) is 12.1 Å². The first-order valence-corrected chi connectivity index (χ1v) is 12.4. The van der Waals surface area contributed by atoms with E-state index in [0.717, 1.165) is 43.7 Å². The van der Waals surface area contributed by atoms with Crippen LogP contribution in [-0.2, 0) is 19.1 Å². The van der Waals surface area contributed by atoms with Gasteiger partial charge < -0.3 is 15.2 Å². The number of fused-ring (bicyclic) bond motifs is 1. The van der Waals surface area contributed by atoms with Gasteiger partial charge in [0.05, 0.1) is 18.3 Å². The second-order valence-electron chi connectivity index (χ2n) is 8.25. The zero-order valence-corrected chi connectivity index (χ0v) is 19.4. The third-order valence-corrected chi connectivity index (χ3v) is 7.11. The molecule has 0 bridgehead atoms. The predicted octanol–water partition coefficient (Wildman–Crippen LogP) is 2.27. The van der Waals surface area contributed by atoms with Gasteiger partial charge in [-0.15, -0.1) is 11.8 Å². The molecule has 32 heavy (non-hydrogen) atoms. The lowest BCUT2D eigenvalue weighted by molar-refractivity contribution is -0.146. The average Bonchev–Trinajstić information content (AvgIpc) is 2.91. The molecule has 2 aliphatic rings. The largest absolute Gasteiger partial charge is 0.480 e. The van der Waals surface area contributed by atoms with Gasteiger partial charge in [-0.05, 0) is 57.3 Å². The number of benzene rings is 1. The van der Waals surface area contributed by atoms with Crippen molar-refractivity contribution >= 4 is 35.3 Å². The minimum atomic E-state index is -1.08. The normalized spacial score (nSPS) is 20.3. The maximum atomic E-state index is 13.3. The highest BCUT2D eigenvalue weighted by Gasteiger charge is 2.35. The van der Waals surface area contributed by atoms with Crippen molar-refractivity contribution in [3.05, 3.63) is 24.3 Å². The van der Waals surface area contributed by atoms with Gasteiger partial charge in [-0.25, -0.2) is 0 Å². The molecule has 2 aliphatic heterocycles. The van der Waals surface area contributed by atoms with Crippen LogP contribution in [0, 0.1) is 5.92 Å². The minimum Gasteiger partial charge on any atom is -0.480 e. The molecule has 1 amide bonds. The van der Waals surface area contributed by atoms with Gasteiger partial charge >= 0.3 is 11.9 Å². The monoisotopic (exact) mass is 463 g/mol. The number of nitrogens with one attached hydrogen (secondary N) is 2. The second kappa shape index (κ2) is 12.2. The maximum Gasteiger partial charge on any atom is 0.323 e. The van der Waals surface area contributed by atoms with Crippen LogP contribution in [0.3, 0.4) is 0 Å². The number of esters is 1. The minimum absolute atomic E-state index is 0.273. The van der Waals surface area contributed by atoms with E-state index < -0.39 is 24.6 Å². The summed E-state index contributed by atoms with van der Waals surface area (Å²) in [5, 5.41) is 15.9. The molecule has 0 spiro atoms. The van der Waals surface area contributed by atoms with Gasteiger partial charge in [-0.2, -0.15) is 0 Å². The van der Waals surface area contributed by atoms with Gasteiger partial charge in [0.2, 0.25) is 5.91 Å². The topological polar surface area (TPSA) is 108 Å². The van der Waals surface area contributed by atoms with Crippen LogP contribution in [0.1, 0.15) is 39.0 Å². The van der Waals surface area contributed by atoms with Crippen LogP contribution in [0.2, 0.25) is 0 Å². The Morgan fingerprint density at radius 2 is 2.06 bits per heavy atom. The van der Waals surface area contributed by atoms with Crippen LogP contribution in [0.4, 0.5) is 5.69 Å². The van der Waals surface area contributed by atoms with Crippen molar-refractivity contribution in [3.63, 3.8) is 0 Å². The molecular formula is C23H33N3O5S. The van der Waals surface area contributed by atoms with Crippen LogP contribution in [0.5, 0.6) is 0 Å². The second-order valence-corrected chi connectivity index (χ2v) is 9.31. The molecule has 1 aromatic rings.